The Morgan fingerprint density at radius 2 is 1.68 bits per heavy atom. The summed E-state index contributed by atoms with van der Waals surface area (Å²) in [7, 11) is -3.80. The van der Waals surface area contributed by atoms with E-state index in [-0.39, 0.29) is 23.4 Å². The highest BCUT2D eigenvalue weighted by atomic mass is 32.2. The van der Waals surface area contributed by atoms with Gasteiger partial charge in [0.15, 0.2) is 0 Å². The SMILES string of the molecule is O=C(CNS(=O)(=O)c1ccc(F)cc1)NC1CCCCCC1. The lowest BCUT2D eigenvalue weighted by atomic mass is 10.1. The van der Waals surface area contributed by atoms with Crippen LogP contribution in [0.15, 0.2) is 29.2 Å². The van der Waals surface area contributed by atoms with Crippen LogP contribution in [0.3, 0.4) is 0 Å². The number of carbonyl (C=O) groups excluding carboxylic acids is 1. The quantitative estimate of drug-likeness (QED) is 0.811. The predicted octanol–water partition coefficient (Wildman–Crippen LogP) is 1.94. The Hall–Kier alpha value is -1.47. The number of halogens is 1. The molecule has 0 aromatic heterocycles. The first kappa shape index (κ1) is 16.9. The Labute approximate surface area is 130 Å². The number of rotatable bonds is 5. The van der Waals surface area contributed by atoms with E-state index in [9.17, 15) is 17.6 Å². The lowest BCUT2D eigenvalue weighted by molar-refractivity contribution is -0.120. The molecule has 5 nitrogen and oxygen atoms in total. The number of sulfonamides is 1. The summed E-state index contributed by atoms with van der Waals surface area (Å²) in [6, 6.07) is 4.60. The molecular weight excluding hydrogens is 307 g/mol. The van der Waals surface area contributed by atoms with Gasteiger partial charge in [0.1, 0.15) is 5.82 Å². The van der Waals surface area contributed by atoms with E-state index in [2.05, 4.69) is 10.0 Å². The third kappa shape index (κ3) is 5.06. The van der Waals surface area contributed by atoms with E-state index in [4.69, 9.17) is 0 Å². The average molecular weight is 328 g/mol. The van der Waals surface area contributed by atoms with Crippen LogP contribution in [0.25, 0.3) is 0 Å². The molecule has 7 heteroatoms. The van der Waals surface area contributed by atoms with Crippen molar-refractivity contribution in [3.63, 3.8) is 0 Å². The zero-order chi connectivity index (χ0) is 16.0. The van der Waals surface area contributed by atoms with Gasteiger partial charge in [-0.2, -0.15) is 0 Å². The molecule has 0 heterocycles. The van der Waals surface area contributed by atoms with Crippen molar-refractivity contribution in [2.24, 2.45) is 0 Å². The topological polar surface area (TPSA) is 75.3 Å². The summed E-state index contributed by atoms with van der Waals surface area (Å²) in [5.41, 5.74) is 0. The molecule has 1 aromatic rings. The van der Waals surface area contributed by atoms with Gasteiger partial charge in [-0.15, -0.1) is 0 Å². The number of hydrogen-bond acceptors (Lipinski definition) is 3. The Kier molecular flexibility index (Phi) is 5.90. The van der Waals surface area contributed by atoms with Crippen LogP contribution in [0.5, 0.6) is 0 Å². The molecule has 1 saturated carbocycles. The molecule has 0 atom stereocenters. The molecule has 0 unspecified atom stereocenters. The fourth-order valence-corrected chi connectivity index (χ4v) is 3.54. The highest BCUT2D eigenvalue weighted by Gasteiger charge is 2.18. The second kappa shape index (κ2) is 7.69. The highest BCUT2D eigenvalue weighted by molar-refractivity contribution is 7.89. The van der Waals surface area contributed by atoms with Crippen molar-refractivity contribution in [2.75, 3.05) is 6.54 Å². The fourth-order valence-electron chi connectivity index (χ4n) is 2.56. The maximum Gasteiger partial charge on any atom is 0.241 e. The Balaban J connectivity index is 1.85. The average Bonchev–Trinajstić information content (AvgIpc) is 2.74. The number of carbonyl (C=O) groups is 1. The van der Waals surface area contributed by atoms with Gasteiger partial charge in [-0.1, -0.05) is 25.7 Å². The van der Waals surface area contributed by atoms with Crippen LogP contribution in [0.4, 0.5) is 4.39 Å². The molecule has 0 saturated heterocycles. The van der Waals surface area contributed by atoms with E-state index in [1.54, 1.807) is 0 Å². The second-order valence-electron chi connectivity index (χ2n) is 5.53. The Bertz CT molecular complexity index is 594. The summed E-state index contributed by atoms with van der Waals surface area (Å²) in [5.74, 6) is -0.845. The third-order valence-electron chi connectivity index (χ3n) is 3.77. The van der Waals surface area contributed by atoms with E-state index >= 15 is 0 Å². The maximum absolute atomic E-state index is 12.8. The molecule has 1 amide bonds. The first-order valence-corrected chi connectivity index (χ1v) is 9.00. The standard InChI is InChI=1S/C15H21FN2O3S/c16-12-7-9-14(10-8-12)22(20,21)17-11-15(19)18-13-5-3-1-2-4-6-13/h7-10,13,17H,1-6,11H2,(H,18,19). The molecular formula is C15H21FN2O3S. The van der Waals surface area contributed by atoms with E-state index in [1.165, 1.54) is 25.0 Å². The van der Waals surface area contributed by atoms with Crippen molar-refractivity contribution < 1.29 is 17.6 Å². The van der Waals surface area contributed by atoms with Gasteiger partial charge >= 0.3 is 0 Å². The summed E-state index contributed by atoms with van der Waals surface area (Å²) in [6.45, 7) is -0.309. The predicted molar refractivity (Wildman–Crippen MR) is 81.2 cm³/mol. The fraction of sp³-hybridized carbons (Fsp3) is 0.533. The minimum absolute atomic E-state index is 0.0591. The molecule has 0 aliphatic heterocycles. The van der Waals surface area contributed by atoms with Gasteiger partial charge in [-0.3, -0.25) is 4.79 Å². The van der Waals surface area contributed by atoms with Crippen LogP contribution in [0.2, 0.25) is 0 Å². The summed E-state index contributed by atoms with van der Waals surface area (Å²) < 4.78 is 39.0. The lowest BCUT2D eigenvalue weighted by Crippen LogP contribution is -2.41. The molecule has 0 spiro atoms. The van der Waals surface area contributed by atoms with Crippen molar-refractivity contribution in [3.05, 3.63) is 30.1 Å². The van der Waals surface area contributed by atoms with Crippen LogP contribution in [-0.2, 0) is 14.8 Å². The maximum atomic E-state index is 12.8. The van der Waals surface area contributed by atoms with Crippen LogP contribution in [0.1, 0.15) is 38.5 Å². The van der Waals surface area contributed by atoms with E-state index in [1.807, 2.05) is 0 Å². The second-order valence-corrected chi connectivity index (χ2v) is 7.30. The minimum Gasteiger partial charge on any atom is -0.352 e. The Morgan fingerprint density at radius 1 is 1.09 bits per heavy atom. The number of benzene rings is 1. The lowest BCUT2D eigenvalue weighted by Gasteiger charge is -2.16. The van der Waals surface area contributed by atoms with E-state index < -0.39 is 15.8 Å². The molecule has 122 valence electrons. The van der Waals surface area contributed by atoms with Gasteiger partial charge in [0, 0.05) is 6.04 Å². The van der Waals surface area contributed by atoms with Crippen LogP contribution < -0.4 is 10.0 Å². The molecule has 0 bridgehead atoms. The van der Waals surface area contributed by atoms with Gasteiger partial charge in [0.25, 0.3) is 0 Å². The molecule has 1 aliphatic rings. The van der Waals surface area contributed by atoms with Gasteiger partial charge in [-0.25, -0.2) is 17.5 Å². The molecule has 22 heavy (non-hydrogen) atoms. The summed E-state index contributed by atoms with van der Waals surface area (Å²) in [4.78, 5) is 11.8. The van der Waals surface area contributed by atoms with Crippen LogP contribution in [0, 0.1) is 5.82 Å². The zero-order valence-corrected chi connectivity index (χ0v) is 13.2. The summed E-state index contributed by atoms with van der Waals surface area (Å²) in [5, 5.41) is 2.87. The van der Waals surface area contributed by atoms with Gasteiger partial charge < -0.3 is 5.32 Å². The zero-order valence-electron chi connectivity index (χ0n) is 12.3. The molecule has 1 aromatic carbocycles. The number of nitrogens with one attached hydrogen (secondary N) is 2. The van der Waals surface area contributed by atoms with Gasteiger partial charge in [0.05, 0.1) is 11.4 Å². The first-order chi connectivity index (χ1) is 10.5. The minimum atomic E-state index is -3.80. The number of amides is 1. The largest absolute Gasteiger partial charge is 0.352 e. The third-order valence-corrected chi connectivity index (χ3v) is 5.18. The molecule has 0 radical (unpaired) electrons. The Morgan fingerprint density at radius 3 is 2.27 bits per heavy atom. The van der Waals surface area contributed by atoms with E-state index in [0.29, 0.717) is 0 Å². The van der Waals surface area contributed by atoms with Gasteiger partial charge in [0.2, 0.25) is 15.9 Å². The van der Waals surface area contributed by atoms with E-state index in [0.717, 1.165) is 37.8 Å². The van der Waals surface area contributed by atoms with Crippen molar-refractivity contribution in [2.45, 2.75) is 49.5 Å². The van der Waals surface area contributed by atoms with Crippen LogP contribution >= 0.6 is 0 Å². The first-order valence-electron chi connectivity index (χ1n) is 7.52. The number of hydrogen-bond donors (Lipinski definition) is 2. The summed E-state index contributed by atoms with van der Waals surface area (Å²) in [6.07, 6.45) is 6.43. The van der Waals surface area contributed by atoms with Crippen molar-refractivity contribution in [3.8, 4) is 0 Å². The van der Waals surface area contributed by atoms with Crippen molar-refractivity contribution in [1.29, 1.82) is 0 Å². The monoisotopic (exact) mass is 328 g/mol. The van der Waals surface area contributed by atoms with Crippen LogP contribution in [-0.4, -0.2) is 26.9 Å². The molecule has 2 rings (SSSR count). The molecule has 1 fully saturated rings. The smallest absolute Gasteiger partial charge is 0.241 e. The summed E-state index contributed by atoms with van der Waals surface area (Å²) >= 11 is 0. The molecule has 1 aliphatic carbocycles. The van der Waals surface area contributed by atoms with Crippen molar-refractivity contribution >= 4 is 15.9 Å². The normalized spacial score (nSPS) is 17.0. The van der Waals surface area contributed by atoms with Crippen molar-refractivity contribution in [1.82, 2.24) is 10.0 Å². The highest BCUT2D eigenvalue weighted by Crippen LogP contribution is 2.17. The van der Waals surface area contributed by atoms with Gasteiger partial charge in [-0.05, 0) is 37.1 Å². The molecule has 2 N–H and O–H groups in total.